The van der Waals surface area contributed by atoms with Crippen molar-refractivity contribution in [1.82, 2.24) is 10.2 Å². The first kappa shape index (κ1) is 15.6. The molecule has 2 heterocycles. The Morgan fingerprint density at radius 1 is 1.50 bits per heavy atom. The van der Waals surface area contributed by atoms with Crippen molar-refractivity contribution in [1.29, 1.82) is 0 Å². The van der Waals surface area contributed by atoms with E-state index >= 15 is 0 Å². The third kappa shape index (κ3) is 4.64. The largest absolute Gasteiger partial charge is 0.469 e. The molecule has 114 valence electrons. The number of nitrogens with zero attached hydrogens (tertiary/aromatic N) is 1. The molecule has 0 bridgehead atoms. The van der Waals surface area contributed by atoms with Gasteiger partial charge in [0.05, 0.1) is 6.26 Å². The van der Waals surface area contributed by atoms with E-state index in [1.165, 1.54) is 32.4 Å². The highest BCUT2D eigenvalue weighted by atomic mass is 16.3. The van der Waals surface area contributed by atoms with Crippen LogP contribution in [0.2, 0.25) is 0 Å². The molecule has 1 aromatic heterocycles. The third-order valence-corrected chi connectivity index (χ3v) is 4.57. The van der Waals surface area contributed by atoms with Gasteiger partial charge in [-0.05, 0) is 57.3 Å². The zero-order valence-corrected chi connectivity index (χ0v) is 13.3. The van der Waals surface area contributed by atoms with E-state index in [1.807, 2.05) is 6.07 Å². The fourth-order valence-electron chi connectivity index (χ4n) is 3.09. The summed E-state index contributed by atoms with van der Waals surface area (Å²) < 4.78 is 5.44. The van der Waals surface area contributed by atoms with Crippen LogP contribution in [0.5, 0.6) is 0 Å². The number of furan rings is 1. The van der Waals surface area contributed by atoms with Gasteiger partial charge in [-0.1, -0.05) is 13.8 Å². The van der Waals surface area contributed by atoms with Gasteiger partial charge in [-0.25, -0.2) is 0 Å². The Bertz CT molecular complexity index is 363. The Labute approximate surface area is 123 Å². The van der Waals surface area contributed by atoms with Crippen molar-refractivity contribution in [3.63, 3.8) is 0 Å². The van der Waals surface area contributed by atoms with Crippen LogP contribution in [0.4, 0.5) is 0 Å². The van der Waals surface area contributed by atoms with Crippen LogP contribution in [0, 0.1) is 5.92 Å². The quantitative estimate of drug-likeness (QED) is 0.895. The van der Waals surface area contributed by atoms with Crippen LogP contribution in [-0.4, -0.2) is 36.6 Å². The summed E-state index contributed by atoms with van der Waals surface area (Å²) in [7, 11) is 0. The van der Waals surface area contributed by atoms with Gasteiger partial charge in [0.1, 0.15) is 5.76 Å². The molecule has 0 aromatic carbocycles. The fourth-order valence-corrected chi connectivity index (χ4v) is 3.09. The zero-order chi connectivity index (χ0) is 14.4. The predicted octanol–water partition coefficient (Wildman–Crippen LogP) is 3.31. The van der Waals surface area contributed by atoms with Crippen LogP contribution in [0.3, 0.4) is 0 Å². The molecule has 0 saturated carbocycles. The average Bonchev–Trinajstić information content (AvgIpc) is 2.94. The highest BCUT2D eigenvalue weighted by Gasteiger charge is 2.21. The van der Waals surface area contributed by atoms with E-state index in [1.54, 1.807) is 6.26 Å². The lowest BCUT2D eigenvalue weighted by atomic mass is 10.0. The Hall–Kier alpha value is -0.800. The van der Waals surface area contributed by atoms with Crippen molar-refractivity contribution in [2.24, 2.45) is 5.92 Å². The number of hydrogen-bond donors (Lipinski definition) is 1. The number of rotatable bonds is 5. The molecule has 0 spiro atoms. The minimum absolute atomic E-state index is 0.637. The SMILES string of the molecule is CCC1CCN(C(C)CCc2ccco2)CC(C)CN1. The van der Waals surface area contributed by atoms with Gasteiger partial charge in [-0.3, -0.25) is 0 Å². The first-order valence-corrected chi connectivity index (χ1v) is 8.18. The maximum Gasteiger partial charge on any atom is 0.103 e. The van der Waals surface area contributed by atoms with E-state index in [4.69, 9.17) is 4.42 Å². The minimum Gasteiger partial charge on any atom is -0.469 e. The van der Waals surface area contributed by atoms with Gasteiger partial charge >= 0.3 is 0 Å². The molecule has 1 saturated heterocycles. The second-order valence-corrected chi connectivity index (χ2v) is 6.37. The van der Waals surface area contributed by atoms with E-state index in [0.29, 0.717) is 12.1 Å². The second-order valence-electron chi connectivity index (χ2n) is 6.37. The minimum atomic E-state index is 0.637. The molecule has 0 aliphatic carbocycles. The van der Waals surface area contributed by atoms with Crippen LogP contribution < -0.4 is 5.32 Å². The van der Waals surface area contributed by atoms with Crippen LogP contribution in [0.15, 0.2) is 22.8 Å². The number of nitrogens with one attached hydrogen (secondary N) is 1. The molecule has 3 unspecified atom stereocenters. The van der Waals surface area contributed by atoms with E-state index in [-0.39, 0.29) is 0 Å². The Morgan fingerprint density at radius 2 is 2.35 bits per heavy atom. The summed E-state index contributed by atoms with van der Waals surface area (Å²) in [4.78, 5) is 2.68. The standard InChI is InChI=1S/C17H30N2O/c1-4-16-9-10-19(13-14(2)12-18-16)15(3)7-8-17-6-5-11-20-17/h5-6,11,14-16,18H,4,7-10,12-13H2,1-3H3. The smallest absolute Gasteiger partial charge is 0.103 e. The highest BCUT2D eigenvalue weighted by Crippen LogP contribution is 2.15. The second kappa shape index (κ2) is 7.84. The summed E-state index contributed by atoms with van der Waals surface area (Å²) in [6.45, 7) is 10.6. The summed E-state index contributed by atoms with van der Waals surface area (Å²) >= 11 is 0. The van der Waals surface area contributed by atoms with Crippen LogP contribution in [0.1, 0.15) is 45.8 Å². The van der Waals surface area contributed by atoms with Gasteiger partial charge < -0.3 is 14.6 Å². The lowest BCUT2D eigenvalue weighted by Gasteiger charge is -2.35. The van der Waals surface area contributed by atoms with E-state index < -0.39 is 0 Å². The van der Waals surface area contributed by atoms with Gasteiger partial charge in [0.2, 0.25) is 0 Å². The molecular weight excluding hydrogens is 248 g/mol. The zero-order valence-electron chi connectivity index (χ0n) is 13.3. The first-order valence-electron chi connectivity index (χ1n) is 8.18. The lowest BCUT2D eigenvalue weighted by Crippen LogP contribution is -2.46. The van der Waals surface area contributed by atoms with Gasteiger partial charge in [0, 0.05) is 25.0 Å². The van der Waals surface area contributed by atoms with Crippen LogP contribution in [0.25, 0.3) is 0 Å². The topological polar surface area (TPSA) is 28.4 Å². The monoisotopic (exact) mass is 278 g/mol. The predicted molar refractivity (Wildman–Crippen MR) is 83.9 cm³/mol. The third-order valence-electron chi connectivity index (χ3n) is 4.57. The summed E-state index contributed by atoms with van der Waals surface area (Å²) in [6, 6.07) is 5.39. The number of aryl methyl sites for hydroxylation is 1. The normalized spacial score (nSPS) is 26.9. The van der Waals surface area contributed by atoms with Gasteiger partial charge in [0.25, 0.3) is 0 Å². The fraction of sp³-hybridized carbons (Fsp3) is 0.765. The summed E-state index contributed by atoms with van der Waals surface area (Å²) in [5.41, 5.74) is 0. The van der Waals surface area contributed by atoms with Gasteiger partial charge in [-0.2, -0.15) is 0 Å². The maximum absolute atomic E-state index is 5.44. The summed E-state index contributed by atoms with van der Waals surface area (Å²) in [5, 5.41) is 3.69. The molecule has 3 atom stereocenters. The van der Waals surface area contributed by atoms with Crippen molar-refractivity contribution in [3.05, 3.63) is 24.2 Å². The summed E-state index contributed by atoms with van der Waals surface area (Å²) in [5.74, 6) is 1.85. The molecule has 1 fully saturated rings. The molecule has 20 heavy (non-hydrogen) atoms. The Kier molecular flexibility index (Phi) is 6.11. The molecule has 1 aliphatic rings. The van der Waals surface area contributed by atoms with Crippen molar-refractivity contribution in [2.45, 2.75) is 58.5 Å². The van der Waals surface area contributed by atoms with Crippen LogP contribution in [-0.2, 0) is 6.42 Å². The molecule has 1 N–H and O–H groups in total. The Balaban J connectivity index is 1.84. The van der Waals surface area contributed by atoms with Gasteiger partial charge in [0.15, 0.2) is 0 Å². The molecular formula is C17H30N2O. The Morgan fingerprint density at radius 3 is 3.05 bits per heavy atom. The lowest BCUT2D eigenvalue weighted by molar-refractivity contribution is 0.146. The molecule has 3 nitrogen and oxygen atoms in total. The number of hydrogen-bond acceptors (Lipinski definition) is 3. The molecule has 2 rings (SSSR count). The van der Waals surface area contributed by atoms with Crippen molar-refractivity contribution in [3.8, 4) is 0 Å². The maximum atomic E-state index is 5.44. The van der Waals surface area contributed by atoms with Crippen LogP contribution >= 0.6 is 0 Å². The molecule has 0 amide bonds. The molecule has 1 aromatic rings. The first-order chi connectivity index (χ1) is 9.69. The van der Waals surface area contributed by atoms with E-state index in [0.717, 1.165) is 24.6 Å². The average molecular weight is 278 g/mol. The molecule has 0 radical (unpaired) electrons. The van der Waals surface area contributed by atoms with E-state index in [9.17, 15) is 0 Å². The van der Waals surface area contributed by atoms with Crippen molar-refractivity contribution >= 4 is 0 Å². The summed E-state index contributed by atoms with van der Waals surface area (Å²) in [6.07, 6.45) is 6.52. The highest BCUT2D eigenvalue weighted by molar-refractivity contribution is 4.98. The van der Waals surface area contributed by atoms with Crippen molar-refractivity contribution in [2.75, 3.05) is 19.6 Å². The van der Waals surface area contributed by atoms with Crippen molar-refractivity contribution < 1.29 is 4.42 Å². The molecule has 3 heteroatoms. The van der Waals surface area contributed by atoms with Gasteiger partial charge in [-0.15, -0.1) is 0 Å². The molecule has 1 aliphatic heterocycles. The van der Waals surface area contributed by atoms with E-state index in [2.05, 4.69) is 37.1 Å².